The zero-order valence-electron chi connectivity index (χ0n) is 9.51. The summed E-state index contributed by atoms with van der Waals surface area (Å²) in [5.74, 6) is 0. The monoisotopic (exact) mass is 278 g/mol. The molecule has 0 unspecified atom stereocenters. The Bertz CT molecular complexity index is 319. The van der Waals surface area contributed by atoms with Gasteiger partial charge in [-0.2, -0.15) is 23.8 Å². The van der Waals surface area contributed by atoms with E-state index in [-0.39, 0.29) is 32.7 Å². The molecule has 15 heavy (non-hydrogen) atoms. The van der Waals surface area contributed by atoms with Crippen LogP contribution in [0.2, 0.25) is 0 Å². The molecule has 0 spiro atoms. The number of anilines is 1. The largest absolute Gasteiger partial charge is 0.391 e. The number of aryl methyl sites for hydroxylation is 2. The summed E-state index contributed by atoms with van der Waals surface area (Å²) in [6, 6.07) is 7.68. The molecule has 0 saturated carbocycles. The van der Waals surface area contributed by atoms with Gasteiger partial charge < -0.3 is 10.2 Å². The molecular formula is C12H17N2Y-. The van der Waals surface area contributed by atoms with Gasteiger partial charge in [0.1, 0.15) is 0 Å². The third-order valence-electron chi connectivity index (χ3n) is 2.69. The van der Waals surface area contributed by atoms with Gasteiger partial charge in [-0.25, -0.2) is 0 Å². The quantitative estimate of drug-likeness (QED) is 0.783. The van der Waals surface area contributed by atoms with Crippen molar-refractivity contribution in [3.05, 3.63) is 29.3 Å². The smallest absolute Gasteiger partial charge is 0.0282 e. The first-order valence-corrected chi connectivity index (χ1v) is 5.22. The topological polar surface area (TPSA) is 15.3 Å². The summed E-state index contributed by atoms with van der Waals surface area (Å²) in [7, 11) is 0. The van der Waals surface area contributed by atoms with Crippen LogP contribution in [-0.4, -0.2) is 26.2 Å². The van der Waals surface area contributed by atoms with Gasteiger partial charge in [-0.1, -0.05) is 19.5 Å². The minimum Gasteiger partial charge on any atom is -0.391 e. The molecule has 0 aromatic heterocycles. The average Bonchev–Trinajstić information content (AvgIpc) is 2.19. The van der Waals surface area contributed by atoms with Crippen LogP contribution >= 0.6 is 0 Å². The predicted octanol–water partition coefficient (Wildman–Crippen LogP) is 1.51. The number of piperazine rings is 1. The van der Waals surface area contributed by atoms with E-state index in [1.807, 2.05) is 0 Å². The second-order valence-corrected chi connectivity index (χ2v) is 3.95. The Morgan fingerprint density at radius 2 is 1.93 bits per heavy atom. The Balaban J connectivity index is 0.00000112. The van der Waals surface area contributed by atoms with E-state index < -0.39 is 0 Å². The predicted molar refractivity (Wildman–Crippen MR) is 59.8 cm³/mol. The van der Waals surface area contributed by atoms with Crippen molar-refractivity contribution in [3.8, 4) is 0 Å². The summed E-state index contributed by atoms with van der Waals surface area (Å²) in [6.45, 7) is 8.65. The molecule has 0 aliphatic carbocycles. The van der Waals surface area contributed by atoms with Gasteiger partial charge in [0.05, 0.1) is 0 Å². The first-order valence-electron chi connectivity index (χ1n) is 5.22. The summed E-state index contributed by atoms with van der Waals surface area (Å²) in [4.78, 5) is 2.41. The Kier molecular flexibility index (Phi) is 5.24. The van der Waals surface area contributed by atoms with E-state index in [9.17, 15) is 0 Å². The van der Waals surface area contributed by atoms with Crippen molar-refractivity contribution in [2.75, 3.05) is 31.1 Å². The summed E-state index contributed by atoms with van der Waals surface area (Å²) >= 11 is 0. The Morgan fingerprint density at radius 1 is 1.27 bits per heavy atom. The van der Waals surface area contributed by atoms with Crippen molar-refractivity contribution in [3.63, 3.8) is 0 Å². The fourth-order valence-corrected chi connectivity index (χ4v) is 1.98. The maximum atomic E-state index is 3.37. The van der Waals surface area contributed by atoms with Crippen molar-refractivity contribution in [2.45, 2.75) is 13.8 Å². The third kappa shape index (κ3) is 3.27. The summed E-state index contributed by atoms with van der Waals surface area (Å²) in [5, 5.41) is 3.36. The zero-order valence-corrected chi connectivity index (χ0v) is 12.3. The molecule has 3 heteroatoms. The Hall–Kier alpha value is 0.0839. The molecule has 1 aromatic carbocycles. The summed E-state index contributed by atoms with van der Waals surface area (Å²) in [5.41, 5.74) is 3.91. The fraction of sp³-hybridized carbons (Fsp3) is 0.500. The van der Waals surface area contributed by atoms with Crippen molar-refractivity contribution in [2.24, 2.45) is 0 Å². The summed E-state index contributed by atoms with van der Waals surface area (Å²) < 4.78 is 0. The van der Waals surface area contributed by atoms with Crippen molar-refractivity contribution in [1.82, 2.24) is 5.32 Å². The van der Waals surface area contributed by atoms with Gasteiger partial charge in [-0.3, -0.25) is 0 Å². The van der Waals surface area contributed by atoms with Gasteiger partial charge in [0.15, 0.2) is 0 Å². The van der Waals surface area contributed by atoms with Gasteiger partial charge in [-0.15, -0.1) is 5.56 Å². The van der Waals surface area contributed by atoms with E-state index in [0.717, 1.165) is 26.2 Å². The van der Waals surface area contributed by atoms with Gasteiger partial charge in [0, 0.05) is 58.9 Å². The molecule has 1 fully saturated rings. The molecule has 1 aliphatic heterocycles. The Labute approximate surface area is 117 Å². The van der Waals surface area contributed by atoms with Crippen molar-refractivity contribution < 1.29 is 32.7 Å². The Morgan fingerprint density at radius 3 is 2.53 bits per heavy atom. The van der Waals surface area contributed by atoms with Gasteiger partial charge >= 0.3 is 0 Å². The van der Waals surface area contributed by atoms with Crippen LogP contribution in [0.25, 0.3) is 0 Å². The third-order valence-corrected chi connectivity index (χ3v) is 2.69. The van der Waals surface area contributed by atoms with Gasteiger partial charge in [0.25, 0.3) is 0 Å². The molecule has 1 saturated heterocycles. The molecule has 1 aromatic rings. The first kappa shape index (κ1) is 13.2. The van der Waals surface area contributed by atoms with Gasteiger partial charge in [0.2, 0.25) is 0 Å². The second-order valence-electron chi connectivity index (χ2n) is 3.95. The van der Waals surface area contributed by atoms with Crippen LogP contribution in [0.1, 0.15) is 11.1 Å². The van der Waals surface area contributed by atoms with Crippen molar-refractivity contribution >= 4 is 5.69 Å². The minimum absolute atomic E-state index is 0. The number of nitrogens with zero attached hydrogens (tertiary/aromatic N) is 1. The normalized spacial score (nSPS) is 16.0. The van der Waals surface area contributed by atoms with E-state index >= 15 is 0 Å². The van der Waals surface area contributed by atoms with E-state index in [1.54, 1.807) is 0 Å². The second kappa shape index (κ2) is 5.98. The van der Waals surface area contributed by atoms with Crippen molar-refractivity contribution in [1.29, 1.82) is 0 Å². The minimum atomic E-state index is 0. The molecule has 0 amide bonds. The molecule has 1 heterocycles. The molecule has 79 valence electrons. The fourth-order valence-electron chi connectivity index (χ4n) is 1.98. The number of nitrogens with one attached hydrogen (secondary N) is 1. The van der Waals surface area contributed by atoms with Crippen LogP contribution in [0.15, 0.2) is 12.1 Å². The summed E-state index contributed by atoms with van der Waals surface area (Å²) in [6.07, 6.45) is 0. The molecule has 0 bridgehead atoms. The molecule has 2 nitrogen and oxygen atoms in total. The molecule has 1 radical (unpaired) electrons. The number of benzene rings is 1. The van der Waals surface area contributed by atoms with Gasteiger partial charge in [-0.05, 0) is 0 Å². The van der Waals surface area contributed by atoms with Crippen LogP contribution in [0.5, 0.6) is 0 Å². The molecule has 1 aliphatic rings. The van der Waals surface area contributed by atoms with Crippen LogP contribution in [0.4, 0.5) is 5.69 Å². The molecule has 2 rings (SSSR count). The van der Waals surface area contributed by atoms with Crippen LogP contribution < -0.4 is 10.2 Å². The SMILES string of the molecule is Cc1c[c-]c(N2CCNCC2)c(C)c1.[Y]. The van der Waals surface area contributed by atoms with E-state index in [2.05, 4.69) is 42.3 Å². The maximum absolute atomic E-state index is 3.37. The number of rotatable bonds is 1. The van der Waals surface area contributed by atoms with Crippen LogP contribution in [0, 0.1) is 19.9 Å². The molecule has 0 atom stereocenters. The van der Waals surface area contributed by atoms with E-state index in [0.29, 0.717) is 0 Å². The number of hydrogen-bond acceptors (Lipinski definition) is 2. The average molecular weight is 278 g/mol. The molecular weight excluding hydrogens is 261 g/mol. The van der Waals surface area contributed by atoms with Crippen LogP contribution in [-0.2, 0) is 32.7 Å². The van der Waals surface area contributed by atoms with E-state index in [1.165, 1.54) is 16.8 Å². The standard InChI is InChI=1S/C12H17N2.Y/c1-10-3-4-12(11(2)9-10)14-7-5-13-6-8-14;/h3,9,13H,5-8H2,1-2H3;/q-1;. The van der Waals surface area contributed by atoms with Crippen LogP contribution in [0.3, 0.4) is 0 Å². The van der Waals surface area contributed by atoms with E-state index in [4.69, 9.17) is 0 Å². The number of hydrogen-bond donors (Lipinski definition) is 1. The maximum Gasteiger partial charge on any atom is 0.0282 e. The first-order chi connectivity index (χ1) is 6.77. The zero-order chi connectivity index (χ0) is 9.97. The molecule has 1 N–H and O–H groups in total.